The molecule has 1 aliphatic heterocycles. The van der Waals surface area contributed by atoms with E-state index in [4.69, 9.17) is 11.6 Å². The molecule has 1 aromatic carbocycles. The van der Waals surface area contributed by atoms with Crippen LogP contribution in [0.15, 0.2) is 30.9 Å². The summed E-state index contributed by atoms with van der Waals surface area (Å²) in [6.07, 6.45) is 6.66. The summed E-state index contributed by atoms with van der Waals surface area (Å²) in [5.74, 6) is -0.474. The Kier molecular flexibility index (Phi) is 6.20. The topological polar surface area (TPSA) is 49.4 Å². The minimum Gasteiger partial charge on any atom is -0.355 e. The molecule has 146 valence electrons. The van der Waals surface area contributed by atoms with Crippen molar-refractivity contribution in [3.05, 3.63) is 47.3 Å². The Hall–Kier alpha value is -1.88. The number of amides is 2. The summed E-state index contributed by atoms with van der Waals surface area (Å²) < 4.78 is 13.4. The van der Waals surface area contributed by atoms with Gasteiger partial charge in [-0.1, -0.05) is 37.1 Å². The smallest absolute Gasteiger partial charge is 0.245 e. The Morgan fingerprint density at radius 2 is 1.96 bits per heavy atom. The second-order valence-corrected chi connectivity index (χ2v) is 8.04. The summed E-state index contributed by atoms with van der Waals surface area (Å²) in [5.41, 5.74) is 0.703. The maximum absolute atomic E-state index is 13.4. The van der Waals surface area contributed by atoms with E-state index in [2.05, 4.69) is 11.9 Å². The van der Waals surface area contributed by atoms with Crippen LogP contribution in [0, 0.1) is 11.7 Å². The number of nitrogens with one attached hydrogen (secondary N) is 1. The zero-order valence-electron chi connectivity index (χ0n) is 15.5. The lowest BCUT2D eigenvalue weighted by Crippen LogP contribution is -2.45. The monoisotopic (exact) mass is 392 g/mol. The predicted octanol–water partition coefficient (Wildman–Crippen LogP) is 3.83. The van der Waals surface area contributed by atoms with Gasteiger partial charge in [-0.15, -0.1) is 0 Å². The molecular weight excluding hydrogens is 367 g/mol. The number of likely N-dealkylation sites (tertiary alicyclic amines) is 1. The lowest BCUT2D eigenvalue weighted by atomic mass is 9.78. The zero-order chi connectivity index (χ0) is 19.4. The van der Waals surface area contributed by atoms with E-state index in [1.54, 1.807) is 11.0 Å². The van der Waals surface area contributed by atoms with Crippen LogP contribution in [0.25, 0.3) is 0 Å². The Labute approximate surface area is 164 Å². The van der Waals surface area contributed by atoms with Gasteiger partial charge >= 0.3 is 0 Å². The number of piperidine rings is 1. The molecule has 1 N–H and O–H groups in total. The molecule has 1 aliphatic carbocycles. The average Bonchev–Trinajstić information content (AvgIpc) is 3.15. The summed E-state index contributed by atoms with van der Waals surface area (Å²) in [6, 6.07) is 4.55. The number of hydrogen-bond acceptors (Lipinski definition) is 2. The normalized spacial score (nSPS) is 19.7. The number of halogens is 2. The predicted molar refractivity (Wildman–Crippen MR) is 104 cm³/mol. The van der Waals surface area contributed by atoms with Crippen molar-refractivity contribution in [2.24, 2.45) is 5.92 Å². The van der Waals surface area contributed by atoms with Gasteiger partial charge in [0.05, 0.1) is 0 Å². The van der Waals surface area contributed by atoms with Gasteiger partial charge in [-0.3, -0.25) is 9.59 Å². The van der Waals surface area contributed by atoms with Gasteiger partial charge in [-0.2, -0.15) is 0 Å². The quantitative estimate of drug-likeness (QED) is 0.774. The van der Waals surface area contributed by atoms with Gasteiger partial charge in [0.2, 0.25) is 11.8 Å². The van der Waals surface area contributed by atoms with Crippen LogP contribution in [-0.2, 0) is 15.0 Å². The summed E-state index contributed by atoms with van der Waals surface area (Å²) in [7, 11) is 0. The molecular formula is C21H26ClFN2O2. The molecule has 1 saturated carbocycles. The van der Waals surface area contributed by atoms with E-state index < -0.39 is 0 Å². The van der Waals surface area contributed by atoms with Crippen molar-refractivity contribution in [3.8, 4) is 0 Å². The number of benzene rings is 1. The third kappa shape index (κ3) is 4.34. The fourth-order valence-electron chi connectivity index (χ4n) is 4.40. The number of carbonyl (C=O) groups excluding carboxylic acids is 2. The van der Waals surface area contributed by atoms with E-state index in [1.165, 1.54) is 18.2 Å². The number of hydrogen-bond donors (Lipinski definition) is 1. The lowest BCUT2D eigenvalue weighted by Gasteiger charge is -2.33. The minimum atomic E-state index is -0.346. The molecule has 2 aliphatic rings. The molecule has 6 heteroatoms. The van der Waals surface area contributed by atoms with Crippen molar-refractivity contribution in [3.63, 3.8) is 0 Å². The largest absolute Gasteiger partial charge is 0.355 e. The minimum absolute atomic E-state index is 0.0326. The molecule has 0 unspecified atom stereocenters. The van der Waals surface area contributed by atoms with Crippen LogP contribution < -0.4 is 5.32 Å². The van der Waals surface area contributed by atoms with E-state index >= 15 is 0 Å². The summed E-state index contributed by atoms with van der Waals surface area (Å²) >= 11 is 6.32. The molecule has 2 amide bonds. The molecule has 0 radical (unpaired) electrons. The van der Waals surface area contributed by atoms with Gasteiger partial charge in [0.1, 0.15) is 5.82 Å². The standard InChI is InChI=1S/C21H26ClFN2O2/c1-2-19(26)25-11-7-15(8-12-25)20(27)24-14-21(9-3-4-10-21)17-6-5-16(23)13-18(17)22/h2,5-6,13,15H,1,3-4,7-12,14H2,(H,24,27). The van der Waals surface area contributed by atoms with Crippen LogP contribution in [0.1, 0.15) is 44.1 Å². The molecule has 1 heterocycles. The lowest BCUT2D eigenvalue weighted by molar-refractivity contribution is -0.132. The van der Waals surface area contributed by atoms with Crippen molar-refractivity contribution in [2.75, 3.05) is 19.6 Å². The highest BCUT2D eigenvalue weighted by Crippen LogP contribution is 2.43. The first-order valence-corrected chi connectivity index (χ1v) is 9.97. The maximum Gasteiger partial charge on any atom is 0.245 e. The Morgan fingerprint density at radius 3 is 2.56 bits per heavy atom. The fourth-order valence-corrected chi connectivity index (χ4v) is 4.77. The van der Waals surface area contributed by atoms with Crippen LogP contribution in [0.3, 0.4) is 0 Å². The van der Waals surface area contributed by atoms with Crippen molar-refractivity contribution in [1.82, 2.24) is 10.2 Å². The molecule has 1 saturated heterocycles. The van der Waals surface area contributed by atoms with Crippen molar-refractivity contribution in [1.29, 1.82) is 0 Å². The molecule has 0 atom stereocenters. The molecule has 0 spiro atoms. The highest BCUT2D eigenvalue weighted by Gasteiger charge is 2.38. The molecule has 3 rings (SSSR count). The van der Waals surface area contributed by atoms with Gasteiger partial charge in [0, 0.05) is 36.0 Å². The van der Waals surface area contributed by atoms with Crippen molar-refractivity contribution in [2.45, 2.75) is 43.9 Å². The van der Waals surface area contributed by atoms with Crippen LogP contribution >= 0.6 is 11.6 Å². The second-order valence-electron chi connectivity index (χ2n) is 7.63. The Balaban J connectivity index is 1.62. The Morgan fingerprint density at radius 1 is 1.30 bits per heavy atom. The van der Waals surface area contributed by atoms with E-state index in [-0.39, 0.29) is 29.0 Å². The van der Waals surface area contributed by atoms with Crippen LogP contribution in [-0.4, -0.2) is 36.3 Å². The first-order chi connectivity index (χ1) is 12.9. The first-order valence-electron chi connectivity index (χ1n) is 9.60. The first kappa shape index (κ1) is 19.9. The van der Waals surface area contributed by atoms with E-state index in [9.17, 15) is 14.0 Å². The van der Waals surface area contributed by atoms with Gasteiger partial charge in [0.25, 0.3) is 0 Å². The van der Waals surface area contributed by atoms with Gasteiger partial charge in [-0.25, -0.2) is 4.39 Å². The number of rotatable bonds is 5. The molecule has 0 aromatic heterocycles. The summed E-state index contributed by atoms with van der Waals surface area (Å²) in [6.45, 7) is 5.19. The summed E-state index contributed by atoms with van der Waals surface area (Å²) in [5, 5.41) is 3.55. The van der Waals surface area contributed by atoms with E-state index in [1.807, 2.05) is 0 Å². The van der Waals surface area contributed by atoms with Crippen LogP contribution in [0.4, 0.5) is 4.39 Å². The highest BCUT2D eigenvalue weighted by atomic mass is 35.5. The third-order valence-corrected chi connectivity index (χ3v) is 6.33. The van der Waals surface area contributed by atoms with Crippen molar-refractivity contribution < 1.29 is 14.0 Å². The molecule has 4 nitrogen and oxygen atoms in total. The molecule has 27 heavy (non-hydrogen) atoms. The molecule has 0 bridgehead atoms. The van der Waals surface area contributed by atoms with Gasteiger partial charge in [-0.05, 0) is 49.5 Å². The third-order valence-electron chi connectivity index (χ3n) is 6.02. The Bertz CT molecular complexity index is 723. The average molecular weight is 393 g/mol. The number of carbonyl (C=O) groups is 2. The fraction of sp³-hybridized carbons (Fsp3) is 0.524. The second kappa shape index (κ2) is 8.42. The maximum atomic E-state index is 13.4. The number of nitrogens with zero attached hydrogens (tertiary/aromatic N) is 1. The SMILES string of the molecule is C=CC(=O)N1CCC(C(=O)NCC2(c3ccc(F)cc3Cl)CCCC2)CC1. The van der Waals surface area contributed by atoms with E-state index in [0.29, 0.717) is 37.5 Å². The highest BCUT2D eigenvalue weighted by molar-refractivity contribution is 6.31. The van der Waals surface area contributed by atoms with Gasteiger partial charge < -0.3 is 10.2 Å². The van der Waals surface area contributed by atoms with Crippen LogP contribution in [0.2, 0.25) is 5.02 Å². The summed E-state index contributed by atoms with van der Waals surface area (Å²) in [4.78, 5) is 26.1. The van der Waals surface area contributed by atoms with Crippen molar-refractivity contribution >= 4 is 23.4 Å². The molecule has 1 aromatic rings. The zero-order valence-corrected chi connectivity index (χ0v) is 16.2. The molecule has 2 fully saturated rings. The van der Waals surface area contributed by atoms with Gasteiger partial charge in [0.15, 0.2) is 0 Å². The van der Waals surface area contributed by atoms with E-state index in [0.717, 1.165) is 31.2 Å². The van der Waals surface area contributed by atoms with Crippen LogP contribution in [0.5, 0.6) is 0 Å².